The highest BCUT2D eigenvalue weighted by Crippen LogP contribution is 2.31. The molecule has 0 aromatic rings. The molecule has 1 aliphatic rings. The van der Waals surface area contributed by atoms with E-state index in [1.165, 1.54) is 25.9 Å². The lowest BCUT2D eigenvalue weighted by Crippen LogP contribution is -2.51. The molecule has 0 bridgehead atoms. The van der Waals surface area contributed by atoms with Crippen LogP contribution in [0.3, 0.4) is 0 Å². The van der Waals surface area contributed by atoms with Crippen molar-refractivity contribution in [3.8, 4) is 0 Å². The van der Waals surface area contributed by atoms with E-state index in [-0.39, 0.29) is 5.54 Å². The zero-order chi connectivity index (χ0) is 10.8. The van der Waals surface area contributed by atoms with Gasteiger partial charge in [-0.25, -0.2) is 0 Å². The van der Waals surface area contributed by atoms with Gasteiger partial charge in [0.25, 0.3) is 0 Å². The quantitative estimate of drug-likeness (QED) is 0.744. The van der Waals surface area contributed by atoms with Crippen LogP contribution in [0, 0.1) is 5.92 Å². The summed E-state index contributed by atoms with van der Waals surface area (Å²) in [4.78, 5) is 2.48. The smallest absolute Gasteiger partial charge is 0.0133 e. The molecule has 0 radical (unpaired) electrons. The van der Waals surface area contributed by atoms with Gasteiger partial charge in [-0.1, -0.05) is 6.92 Å². The number of nitrogens with zero attached hydrogens (tertiary/aromatic N) is 1. The Hall–Kier alpha value is -0.0800. The third kappa shape index (κ3) is 3.25. The van der Waals surface area contributed by atoms with E-state index in [2.05, 4.69) is 45.0 Å². The Bertz CT molecular complexity index is 172. The van der Waals surface area contributed by atoms with E-state index >= 15 is 0 Å². The average molecular weight is 198 g/mol. The zero-order valence-electron chi connectivity index (χ0n) is 10.4. The minimum atomic E-state index is 0.269. The molecule has 14 heavy (non-hydrogen) atoms. The van der Waals surface area contributed by atoms with Gasteiger partial charge in [0.15, 0.2) is 0 Å². The van der Waals surface area contributed by atoms with Crippen LogP contribution in [0.2, 0.25) is 0 Å². The van der Waals surface area contributed by atoms with Crippen molar-refractivity contribution >= 4 is 0 Å². The fourth-order valence-corrected chi connectivity index (χ4v) is 2.04. The Morgan fingerprint density at radius 1 is 1.29 bits per heavy atom. The van der Waals surface area contributed by atoms with Crippen molar-refractivity contribution in [2.24, 2.45) is 5.92 Å². The van der Waals surface area contributed by atoms with Gasteiger partial charge in [-0.3, -0.25) is 0 Å². The molecule has 1 N–H and O–H groups in total. The Labute approximate surface area is 89.1 Å². The summed E-state index contributed by atoms with van der Waals surface area (Å²) in [6, 6.07) is 0.829. The van der Waals surface area contributed by atoms with Gasteiger partial charge in [0.2, 0.25) is 0 Å². The first kappa shape index (κ1) is 12.0. The van der Waals surface area contributed by atoms with Crippen LogP contribution in [-0.4, -0.2) is 36.6 Å². The summed E-state index contributed by atoms with van der Waals surface area (Å²) >= 11 is 0. The Morgan fingerprint density at radius 3 is 2.29 bits per heavy atom. The number of rotatable bonds is 4. The van der Waals surface area contributed by atoms with Gasteiger partial charge in [0.05, 0.1) is 0 Å². The van der Waals surface area contributed by atoms with Gasteiger partial charge in [0, 0.05) is 11.6 Å². The van der Waals surface area contributed by atoms with Crippen molar-refractivity contribution < 1.29 is 0 Å². The van der Waals surface area contributed by atoms with E-state index in [0.29, 0.717) is 0 Å². The van der Waals surface area contributed by atoms with Crippen LogP contribution in [0.15, 0.2) is 0 Å². The van der Waals surface area contributed by atoms with Crippen molar-refractivity contribution in [1.82, 2.24) is 10.2 Å². The van der Waals surface area contributed by atoms with Gasteiger partial charge in [-0.05, 0) is 59.7 Å². The minimum absolute atomic E-state index is 0.269. The maximum absolute atomic E-state index is 3.61. The summed E-state index contributed by atoms with van der Waals surface area (Å²) in [7, 11) is 2.24. The van der Waals surface area contributed by atoms with Crippen LogP contribution in [0.4, 0.5) is 0 Å². The van der Waals surface area contributed by atoms with Crippen LogP contribution in [0.1, 0.15) is 40.5 Å². The molecular formula is C12H26N2. The van der Waals surface area contributed by atoms with Crippen LogP contribution in [-0.2, 0) is 0 Å². The summed E-state index contributed by atoms with van der Waals surface area (Å²) in [6.07, 6.45) is 2.79. The van der Waals surface area contributed by atoms with Crippen molar-refractivity contribution in [2.45, 2.75) is 52.1 Å². The molecule has 2 heteroatoms. The van der Waals surface area contributed by atoms with E-state index in [1.807, 2.05) is 0 Å². The summed E-state index contributed by atoms with van der Waals surface area (Å²) in [6.45, 7) is 11.3. The van der Waals surface area contributed by atoms with Crippen LogP contribution in [0.5, 0.6) is 0 Å². The SMILES string of the molecule is CCN(C)C1CCC1CNC(C)(C)C. The molecule has 0 amide bonds. The number of hydrogen-bond acceptors (Lipinski definition) is 2. The molecule has 2 nitrogen and oxygen atoms in total. The molecule has 2 unspecified atom stereocenters. The second-order valence-corrected chi connectivity index (χ2v) is 5.61. The molecule has 0 spiro atoms. The predicted molar refractivity (Wildman–Crippen MR) is 62.6 cm³/mol. The molecule has 0 aromatic heterocycles. The standard InChI is InChI=1S/C12H26N2/c1-6-14(5)11-8-7-10(11)9-13-12(2,3)4/h10-11,13H,6-9H2,1-5H3. The molecule has 0 heterocycles. The molecule has 84 valence electrons. The predicted octanol–water partition coefficient (Wildman–Crippen LogP) is 2.10. The molecule has 1 fully saturated rings. The van der Waals surface area contributed by atoms with Gasteiger partial charge in [-0.15, -0.1) is 0 Å². The second kappa shape index (κ2) is 4.63. The van der Waals surface area contributed by atoms with Crippen LogP contribution < -0.4 is 5.32 Å². The second-order valence-electron chi connectivity index (χ2n) is 5.61. The fourth-order valence-electron chi connectivity index (χ4n) is 2.04. The maximum Gasteiger partial charge on any atom is 0.0133 e. The lowest BCUT2D eigenvalue weighted by atomic mass is 9.78. The Morgan fingerprint density at radius 2 is 1.93 bits per heavy atom. The largest absolute Gasteiger partial charge is 0.312 e. The van der Waals surface area contributed by atoms with E-state index < -0.39 is 0 Å². The maximum atomic E-state index is 3.61. The third-order valence-electron chi connectivity index (χ3n) is 3.34. The molecule has 1 rings (SSSR count). The highest BCUT2D eigenvalue weighted by atomic mass is 15.1. The summed E-state index contributed by atoms with van der Waals surface area (Å²) in [5, 5.41) is 3.61. The van der Waals surface area contributed by atoms with Crippen molar-refractivity contribution in [1.29, 1.82) is 0 Å². The first-order chi connectivity index (χ1) is 6.44. The summed E-state index contributed by atoms with van der Waals surface area (Å²) in [5.74, 6) is 0.874. The Balaban J connectivity index is 2.26. The van der Waals surface area contributed by atoms with Crippen LogP contribution >= 0.6 is 0 Å². The summed E-state index contributed by atoms with van der Waals surface area (Å²) in [5.41, 5.74) is 0.269. The van der Waals surface area contributed by atoms with Crippen LogP contribution in [0.25, 0.3) is 0 Å². The molecule has 0 saturated heterocycles. The molecule has 0 aromatic carbocycles. The van der Waals surface area contributed by atoms with Gasteiger partial charge in [0.1, 0.15) is 0 Å². The lowest BCUT2D eigenvalue weighted by molar-refractivity contribution is 0.0837. The van der Waals surface area contributed by atoms with E-state index in [1.54, 1.807) is 0 Å². The molecule has 0 aliphatic heterocycles. The highest BCUT2D eigenvalue weighted by Gasteiger charge is 2.33. The van der Waals surface area contributed by atoms with Gasteiger partial charge < -0.3 is 10.2 Å². The monoisotopic (exact) mass is 198 g/mol. The zero-order valence-corrected chi connectivity index (χ0v) is 10.4. The first-order valence-corrected chi connectivity index (χ1v) is 5.89. The Kier molecular flexibility index (Phi) is 3.96. The lowest BCUT2D eigenvalue weighted by Gasteiger charge is -2.43. The van der Waals surface area contributed by atoms with Crippen molar-refractivity contribution in [3.05, 3.63) is 0 Å². The van der Waals surface area contributed by atoms with Gasteiger partial charge in [-0.2, -0.15) is 0 Å². The normalized spacial score (nSPS) is 27.9. The minimum Gasteiger partial charge on any atom is -0.312 e. The van der Waals surface area contributed by atoms with Gasteiger partial charge >= 0.3 is 0 Å². The summed E-state index contributed by atoms with van der Waals surface area (Å²) < 4.78 is 0. The fraction of sp³-hybridized carbons (Fsp3) is 1.00. The van der Waals surface area contributed by atoms with Crippen molar-refractivity contribution in [2.75, 3.05) is 20.1 Å². The molecule has 2 atom stereocenters. The molecule has 1 saturated carbocycles. The number of hydrogen-bond donors (Lipinski definition) is 1. The van der Waals surface area contributed by atoms with Crippen molar-refractivity contribution in [3.63, 3.8) is 0 Å². The third-order valence-corrected chi connectivity index (χ3v) is 3.34. The average Bonchev–Trinajstić information content (AvgIpc) is 2.00. The molecule has 1 aliphatic carbocycles. The topological polar surface area (TPSA) is 15.3 Å². The number of nitrogens with one attached hydrogen (secondary N) is 1. The first-order valence-electron chi connectivity index (χ1n) is 5.89. The van der Waals surface area contributed by atoms with E-state index in [4.69, 9.17) is 0 Å². The van der Waals surface area contributed by atoms with E-state index in [9.17, 15) is 0 Å². The molecular weight excluding hydrogens is 172 g/mol. The van der Waals surface area contributed by atoms with E-state index in [0.717, 1.165) is 12.0 Å². The highest BCUT2D eigenvalue weighted by molar-refractivity contribution is 4.89.